The zero-order valence-corrected chi connectivity index (χ0v) is 11.4. The molecule has 3 nitrogen and oxygen atoms in total. The number of nitrogens with zero attached hydrogens (tertiary/aromatic N) is 1. The van der Waals surface area contributed by atoms with Gasteiger partial charge in [-0.05, 0) is 12.5 Å². The van der Waals surface area contributed by atoms with E-state index in [1.807, 2.05) is 38.2 Å². The molecule has 1 fully saturated rings. The molecule has 0 N–H and O–H groups in total. The molecule has 0 aliphatic carbocycles. The maximum Gasteiger partial charge on any atom is 0.167 e. The van der Waals surface area contributed by atoms with E-state index >= 15 is 0 Å². The molecule has 3 rings (SSSR count). The number of carbonyl (C=O) groups is 1. The highest BCUT2D eigenvalue weighted by Crippen LogP contribution is 2.29. The van der Waals surface area contributed by atoms with Crippen LogP contribution in [0, 0.1) is 5.92 Å². The smallest absolute Gasteiger partial charge is 0.167 e. The number of rotatable bonds is 3. The molecular formula is C16H19NO2. The van der Waals surface area contributed by atoms with E-state index in [2.05, 4.69) is 10.6 Å². The van der Waals surface area contributed by atoms with Gasteiger partial charge in [-0.3, -0.25) is 4.79 Å². The van der Waals surface area contributed by atoms with Gasteiger partial charge in [-0.2, -0.15) is 0 Å². The second kappa shape index (κ2) is 4.82. The van der Waals surface area contributed by atoms with Gasteiger partial charge in [0.15, 0.2) is 5.78 Å². The van der Waals surface area contributed by atoms with Crippen LogP contribution in [0.2, 0.25) is 0 Å². The van der Waals surface area contributed by atoms with Crippen LogP contribution in [0.3, 0.4) is 0 Å². The van der Waals surface area contributed by atoms with Crippen molar-refractivity contribution in [2.24, 2.45) is 5.92 Å². The predicted molar refractivity (Wildman–Crippen MR) is 75.6 cm³/mol. The Labute approximate surface area is 113 Å². The Hall–Kier alpha value is -1.61. The van der Waals surface area contributed by atoms with Crippen molar-refractivity contribution in [3.05, 3.63) is 36.0 Å². The quantitative estimate of drug-likeness (QED) is 0.789. The molecule has 1 aromatic carbocycles. The number of aromatic nitrogens is 1. The fraction of sp³-hybridized carbons (Fsp3) is 0.438. The summed E-state index contributed by atoms with van der Waals surface area (Å²) in [5.41, 5.74) is 1.99. The first kappa shape index (κ1) is 12.4. The highest BCUT2D eigenvalue weighted by Gasteiger charge is 2.23. The van der Waals surface area contributed by atoms with E-state index < -0.39 is 0 Å². The van der Waals surface area contributed by atoms with E-state index in [1.54, 1.807) is 0 Å². The molecule has 100 valence electrons. The molecule has 0 saturated carbocycles. The first-order valence-corrected chi connectivity index (χ1v) is 6.90. The Kier molecular flexibility index (Phi) is 3.15. The van der Waals surface area contributed by atoms with Crippen LogP contribution in [0.1, 0.15) is 36.7 Å². The Balaban J connectivity index is 2.15. The van der Waals surface area contributed by atoms with Crippen LogP contribution in [-0.4, -0.2) is 23.6 Å². The maximum absolute atomic E-state index is 12.3. The summed E-state index contributed by atoms with van der Waals surface area (Å²) in [5, 5.41) is 1.06. The second-order valence-corrected chi connectivity index (χ2v) is 5.50. The molecule has 1 aliphatic rings. The zero-order valence-electron chi connectivity index (χ0n) is 11.4. The van der Waals surface area contributed by atoms with Crippen molar-refractivity contribution in [1.82, 2.24) is 4.57 Å². The van der Waals surface area contributed by atoms with Gasteiger partial charge in [0.25, 0.3) is 0 Å². The lowest BCUT2D eigenvalue weighted by atomic mass is 10.0. The van der Waals surface area contributed by atoms with E-state index in [4.69, 9.17) is 4.74 Å². The van der Waals surface area contributed by atoms with Gasteiger partial charge < -0.3 is 9.30 Å². The predicted octanol–water partition coefficient (Wildman–Crippen LogP) is 3.44. The SMILES string of the molecule is CC(C)C(=O)c1cn([C@@H]2CCOC2)c2ccccc12. The summed E-state index contributed by atoms with van der Waals surface area (Å²) in [7, 11) is 0. The van der Waals surface area contributed by atoms with Crippen LogP contribution >= 0.6 is 0 Å². The average molecular weight is 257 g/mol. The number of carbonyl (C=O) groups excluding carboxylic acids is 1. The largest absolute Gasteiger partial charge is 0.379 e. The number of benzene rings is 1. The van der Waals surface area contributed by atoms with Crippen molar-refractivity contribution < 1.29 is 9.53 Å². The summed E-state index contributed by atoms with van der Waals surface area (Å²) in [6.07, 6.45) is 3.04. The summed E-state index contributed by atoms with van der Waals surface area (Å²) >= 11 is 0. The summed E-state index contributed by atoms with van der Waals surface area (Å²) in [6, 6.07) is 8.51. The van der Waals surface area contributed by atoms with E-state index in [1.165, 1.54) is 0 Å². The molecule has 1 aromatic heterocycles. The number of Topliss-reactive ketones (excluding diaryl/α,β-unsaturated/α-hetero) is 1. The average Bonchev–Trinajstić information content (AvgIpc) is 3.04. The molecule has 3 heteroatoms. The highest BCUT2D eigenvalue weighted by molar-refractivity contribution is 6.08. The molecule has 0 unspecified atom stereocenters. The zero-order chi connectivity index (χ0) is 13.4. The Morgan fingerprint density at radius 1 is 1.37 bits per heavy atom. The fourth-order valence-corrected chi connectivity index (χ4v) is 2.76. The first-order chi connectivity index (χ1) is 9.18. The Morgan fingerprint density at radius 2 is 2.16 bits per heavy atom. The van der Waals surface area contributed by atoms with Crippen LogP contribution in [0.5, 0.6) is 0 Å². The van der Waals surface area contributed by atoms with Gasteiger partial charge in [0.05, 0.1) is 12.6 Å². The van der Waals surface area contributed by atoms with Crippen molar-refractivity contribution in [2.75, 3.05) is 13.2 Å². The molecule has 0 radical (unpaired) electrons. The molecule has 0 spiro atoms. The monoisotopic (exact) mass is 257 g/mol. The van der Waals surface area contributed by atoms with Crippen molar-refractivity contribution in [2.45, 2.75) is 26.3 Å². The van der Waals surface area contributed by atoms with Crippen LogP contribution in [-0.2, 0) is 4.74 Å². The molecule has 19 heavy (non-hydrogen) atoms. The molecule has 0 bridgehead atoms. The summed E-state index contributed by atoms with van der Waals surface area (Å²) in [6.45, 7) is 5.46. The summed E-state index contributed by atoms with van der Waals surface area (Å²) in [4.78, 5) is 12.3. The molecular weight excluding hydrogens is 238 g/mol. The lowest BCUT2D eigenvalue weighted by molar-refractivity contribution is 0.0940. The summed E-state index contributed by atoms with van der Waals surface area (Å²) in [5.74, 6) is 0.243. The number of hydrogen-bond acceptors (Lipinski definition) is 2. The third kappa shape index (κ3) is 2.08. The molecule has 0 amide bonds. The van der Waals surface area contributed by atoms with Crippen molar-refractivity contribution >= 4 is 16.7 Å². The molecule has 1 atom stereocenters. The highest BCUT2D eigenvalue weighted by atomic mass is 16.5. The fourth-order valence-electron chi connectivity index (χ4n) is 2.76. The van der Waals surface area contributed by atoms with Crippen LogP contribution in [0.4, 0.5) is 0 Å². The van der Waals surface area contributed by atoms with Gasteiger partial charge in [0, 0.05) is 35.2 Å². The van der Waals surface area contributed by atoms with E-state index in [-0.39, 0.29) is 11.7 Å². The second-order valence-electron chi connectivity index (χ2n) is 5.50. The maximum atomic E-state index is 12.3. The number of hydrogen-bond donors (Lipinski definition) is 0. The minimum absolute atomic E-state index is 0.0269. The van der Waals surface area contributed by atoms with Gasteiger partial charge in [-0.15, -0.1) is 0 Å². The number of ketones is 1. The van der Waals surface area contributed by atoms with E-state index in [9.17, 15) is 4.79 Å². The van der Waals surface area contributed by atoms with Crippen LogP contribution in [0.15, 0.2) is 30.5 Å². The first-order valence-electron chi connectivity index (χ1n) is 6.90. The number of ether oxygens (including phenoxy) is 1. The standard InChI is InChI=1S/C16H19NO2/c1-11(2)16(18)14-9-17(12-7-8-19-10-12)15-6-4-3-5-13(14)15/h3-6,9,11-12H,7-8,10H2,1-2H3/t12-/m1/s1. The molecule has 1 saturated heterocycles. The van der Waals surface area contributed by atoms with Crippen LogP contribution in [0.25, 0.3) is 10.9 Å². The molecule has 2 aromatic rings. The van der Waals surface area contributed by atoms with E-state index in [0.717, 1.165) is 36.1 Å². The number of fused-ring (bicyclic) bond motifs is 1. The normalized spacial score (nSPS) is 19.4. The summed E-state index contributed by atoms with van der Waals surface area (Å²) < 4.78 is 7.69. The van der Waals surface area contributed by atoms with Crippen molar-refractivity contribution in [1.29, 1.82) is 0 Å². The van der Waals surface area contributed by atoms with Crippen LogP contribution < -0.4 is 0 Å². The minimum Gasteiger partial charge on any atom is -0.379 e. The molecule has 2 heterocycles. The van der Waals surface area contributed by atoms with E-state index in [0.29, 0.717) is 6.04 Å². The third-order valence-corrected chi connectivity index (χ3v) is 3.83. The molecule has 1 aliphatic heterocycles. The Morgan fingerprint density at radius 3 is 2.84 bits per heavy atom. The van der Waals surface area contributed by atoms with Gasteiger partial charge in [-0.1, -0.05) is 32.0 Å². The lowest BCUT2D eigenvalue weighted by Crippen LogP contribution is -2.09. The Bertz CT molecular complexity index is 606. The lowest BCUT2D eigenvalue weighted by Gasteiger charge is -2.11. The minimum atomic E-state index is 0.0269. The van der Waals surface area contributed by atoms with Gasteiger partial charge >= 0.3 is 0 Å². The van der Waals surface area contributed by atoms with Crippen molar-refractivity contribution in [3.8, 4) is 0 Å². The third-order valence-electron chi connectivity index (χ3n) is 3.83. The van der Waals surface area contributed by atoms with Crippen molar-refractivity contribution in [3.63, 3.8) is 0 Å². The van der Waals surface area contributed by atoms with Gasteiger partial charge in [0.2, 0.25) is 0 Å². The van der Waals surface area contributed by atoms with Gasteiger partial charge in [-0.25, -0.2) is 0 Å². The topological polar surface area (TPSA) is 31.2 Å². The number of para-hydroxylation sites is 1. The van der Waals surface area contributed by atoms with Gasteiger partial charge in [0.1, 0.15) is 0 Å².